The Morgan fingerprint density at radius 2 is 2.00 bits per heavy atom. The summed E-state index contributed by atoms with van der Waals surface area (Å²) in [6.07, 6.45) is 2.10. The monoisotopic (exact) mass is 367 g/mol. The SMILES string of the molecule is O=C(CCN1C(=O)CSc2ccccc21)NCc1nnc2ccccn12. The van der Waals surface area contributed by atoms with Crippen molar-refractivity contribution in [1.29, 1.82) is 0 Å². The van der Waals surface area contributed by atoms with Gasteiger partial charge in [0.2, 0.25) is 11.8 Å². The van der Waals surface area contributed by atoms with Gasteiger partial charge in [0.25, 0.3) is 0 Å². The van der Waals surface area contributed by atoms with Gasteiger partial charge in [-0.15, -0.1) is 22.0 Å². The van der Waals surface area contributed by atoms with Crippen molar-refractivity contribution in [2.75, 3.05) is 17.2 Å². The van der Waals surface area contributed by atoms with Gasteiger partial charge >= 0.3 is 0 Å². The van der Waals surface area contributed by atoms with Crippen molar-refractivity contribution in [3.63, 3.8) is 0 Å². The van der Waals surface area contributed by atoms with Crippen LogP contribution in [0.4, 0.5) is 5.69 Å². The van der Waals surface area contributed by atoms with Crippen LogP contribution < -0.4 is 10.2 Å². The Labute approximate surface area is 154 Å². The van der Waals surface area contributed by atoms with Crippen LogP contribution >= 0.6 is 11.8 Å². The summed E-state index contributed by atoms with van der Waals surface area (Å²) in [5.74, 6) is 0.987. The Morgan fingerprint density at radius 3 is 2.92 bits per heavy atom. The van der Waals surface area contributed by atoms with Crippen molar-refractivity contribution in [3.05, 3.63) is 54.5 Å². The minimum absolute atomic E-state index is 0.0324. The first-order chi connectivity index (χ1) is 12.7. The molecule has 0 radical (unpaired) electrons. The van der Waals surface area contributed by atoms with Crippen molar-refractivity contribution in [1.82, 2.24) is 19.9 Å². The third-order valence-corrected chi connectivity index (χ3v) is 5.25. The summed E-state index contributed by atoms with van der Waals surface area (Å²) in [7, 11) is 0. The molecule has 0 fully saturated rings. The lowest BCUT2D eigenvalue weighted by atomic mass is 10.2. The highest BCUT2D eigenvalue weighted by atomic mass is 32.2. The molecule has 3 aromatic rings. The smallest absolute Gasteiger partial charge is 0.237 e. The standard InChI is InChI=1S/C18H17N5O2S/c24-17(19-11-16-21-20-15-7-3-4-9-23(15)16)8-10-22-13-5-1-2-6-14(13)26-12-18(22)25/h1-7,9H,8,10-12H2,(H,19,24). The average Bonchev–Trinajstić information content (AvgIpc) is 3.09. The van der Waals surface area contributed by atoms with Gasteiger partial charge in [0.15, 0.2) is 11.5 Å². The number of para-hydroxylation sites is 1. The van der Waals surface area contributed by atoms with E-state index in [1.165, 1.54) is 11.8 Å². The molecule has 7 nitrogen and oxygen atoms in total. The number of rotatable bonds is 5. The summed E-state index contributed by atoms with van der Waals surface area (Å²) in [5.41, 5.74) is 1.62. The van der Waals surface area contributed by atoms with Crippen LogP contribution in [0.2, 0.25) is 0 Å². The zero-order chi connectivity index (χ0) is 17.9. The molecule has 1 aliphatic rings. The minimum Gasteiger partial charge on any atom is -0.349 e. The van der Waals surface area contributed by atoms with Gasteiger partial charge < -0.3 is 10.2 Å². The first-order valence-electron chi connectivity index (χ1n) is 8.30. The fourth-order valence-electron chi connectivity index (χ4n) is 2.89. The van der Waals surface area contributed by atoms with Gasteiger partial charge in [-0.1, -0.05) is 18.2 Å². The number of nitrogens with one attached hydrogen (secondary N) is 1. The van der Waals surface area contributed by atoms with Crippen LogP contribution in [0, 0.1) is 0 Å². The summed E-state index contributed by atoms with van der Waals surface area (Å²) in [6, 6.07) is 13.4. The number of fused-ring (bicyclic) bond motifs is 2. The summed E-state index contributed by atoms with van der Waals surface area (Å²) in [4.78, 5) is 27.2. The molecule has 0 unspecified atom stereocenters. The van der Waals surface area contributed by atoms with Gasteiger partial charge in [0, 0.05) is 24.1 Å². The van der Waals surface area contributed by atoms with E-state index in [9.17, 15) is 9.59 Å². The fourth-order valence-corrected chi connectivity index (χ4v) is 3.83. The lowest BCUT2D eigenvalue weighted by Gasteiger charge is -2.28. The van der Waals surface area contributed by atoms with E-state index in [0.29, 0.717) is 24.7 Å². The Bertz CT molecular complexity index is 971. The minimum atomic E-state index is -0.124. The van der Waals surface area contributed by atoms with E-state index >= 15 is 0 Å². The van der Waals surface area contributed by atoms with Crippen LogP contribution in [0.25, 0.3) is 5.65 Å². The topological polar surface area (TPSA) is 79.6 Å². The zero-order valence-electron chi connectivity index (χ0n) is 14.0. The molecule has 4 rings (SSSR count). The quantitative estimate of drug-likeness (QED) is 0.745. The van der Waals surface area contributed by atoms with E-state index < -0.39 is 0 Å². The average molecular weight is 367 g/mol. The lowest BCUT2D eigenvalue weighted by Crippen LogP contribution is -2.38. The predicted octanol–water partition coefficient (Wildman–Crippen LogP) is 1.87. The molecule has 0 bridgehead atoms. The van der Waals surface area contributed by atoms with E-state index in [-0.39, 0.29) is 18.2 Å². The maximum absolute atomic E-state index is 12.2. The van der Waals surface area contributed by atoms with Crippen molar-refractivity contribution in [2.45, 2.75) is 17.9 Å². The molecule has 3 heterocycles. The first-order valence-corrected chi connectivity index (χ1v) is 9.28. The number of carbonyl (C=O) groups is 2. The van der Waals surface area contributed by atoms with Gasteiger partial charge in [0.1, 0.15) is 0 Å². The van der Waals surface area contributed by atoms with Gasteiger partial charge in [-0.05, 0) is 24.3 Å². The molecule has 8 heteroatoms. The number of hydrogen-bond acceptors (Lipinski definition) is 5. The maximum Gasteiger partial charge on any atom is 0.237 e. The van der Waals surface area contributed by atoms with Crippen LogP contribution in [0.3, 0.4) is 0 Å². The number of benzene rings is 1. The number of thioether (sulfide) groups is 1. The van der Waals surface area contributed by atoms with E-state index in [1.54, 1.807) is 4.90 Å². The summed E-state index contributed by atoms with van der Waals surface area (Å²) in [5, 5.41) is 11.0. The molecule has 132 valence electrons. The second kappa shape index (κ2) is 7.17. The molecule has 1 aromatic carbocycles. The summed E-state index contributed by atoms with van der Waals surface area (Å²) >= 11 is 1.53. The second-order valence-corrected chi connectivity index (χ2v) is 6.89. The van der Waals surface area contributed by atoms with Crippen LogP contribution in [-0.4, -0.2) is 38.7 Å². The number of amides is 2. The Balaban J connectivity index is 1.36. The number of anilines is 1. The Hall–Kier alpha value is -2.87. The van der Waals surface area contributed by atoms with Crippen molar-refractivity contribution in [2.24, 2.45) is 0 Å². The van der Waals surface area contributed by atoms with Gasteiger partial charge in [0.05, 0.1) is 18.0 Å². The molecule has 0 aliphatic carbocycles. The van der Waals surface area contributed by atoms with Crippen molar-refractivity contribution in [3.8, 4) is 0 Å². The highest BCUT2D eigenvalue weighted by Gasteiger charge is 2.24. The molecule has 2 amide bonds. The van der Waals surface area contributed by atoms with E-state index in [2.05, 4.69) is 15.5 Å². The van der Waals surface area contributed by atoms with E-state index in [1.807, 2.05) is 53.1 Å². The lowest BCUT2D eigenvalue weighted by molar-refractivity contribution is -0.121. The Morgan fingerprint density at radius 1 is 1.15 bits per heavy atom. The molecule has 0 atom stereocenters. The van der Waals surface area contributed by atoms with E-state index in [0.717, 1.165) is 16.2 Å². The van der Waals surface area contributed by atoms with Crippen LogP contribution in [0.15, 0.2) is 53.6 Å². The van der Waals surface area contributed by atoms with Crippen molar-refractivity contribution >= 4 is 34.9 Å². The number of pyridine rings is 1. The molecule has 2 aromatic heterocycles. The summed E-state index contributed by atoms with van der Waals surface area (Å²) in [6.45, 7) is 0.660. The molecule has 1 N–H and O–H groups in total. The van der Waals surface area contributed by atoms with Gasteiger partial charge in [-0.2, -0.15) is 0 Å². The molecule has 0 saturated heterocycles. The largest absolute Gasteiger partial charge is 0.349 e. The van der Waals surface area contributed by atoms with Gasteiger partial charge in [-0.25, -0.2) is 0 Å². The normalized spacial score (nSPS) is 13.7. The number of nitrogens with zero attached hydrogens (tertiary/aromatic N) is 4. The molecular formula is C18H17N5O2S. The molecular weight excluding hydrogens is 350 g/mol. The molecule has 0 spiro atoms. The number of hydrogen-bond donors (Lipinski definition) is 1. The third-order valence-electron chi connectivity index (χ3n) is 4.20. The summed E-state index contributed by atoms with van der Waals surface area (Å²) < 4.78 is 1.84. The predicted molar refractivity (Wildman–Crippen MR) is 99.0 cm³/mol. The molecule has 26 heavy (non-hydrogen) atoms. The number of carbonyl (C=O) groups excluding carboxylic acids is 2. The van der Waals surface area contributed by atoms with Gasteiger partial charge in [-0.3, -0.25) is 14.0 Å². The Kier molecular flexibility index (Phi) is 4.57. The highest BCUT2D eigenvalue weighted by Crippen LogP contribution is 2.34. The second-order valence-electron chi connectivity index (χ2n) is 5.87. The highest BCUT2D eigenvalue weighted by molar-refractivity contribution is 8.00. The zero-order valence-corrected chi connectivity index (χ0v) is 14.8. The van der Waals surface area contributed by atoms with Crippen LogP contribution in [0.1, 0.15) is 12.2 Å². The van der Waals surface area contributed by atoms with Crippen molar-refractivity contribution < 1.29 is 9.59 Å². The molecule has 0 saturated carbocycles. The maximum atomic E-state index is 12.2. The number of aromatic nitrogens is 3. The van der Waals surface area contributed by atoms with Crippen LogP contribution in [-0.2, 0) is 16.1 Å². The molecule has 1 aliphatic heterocycles. The van der Waals surface area contributed by atoms with Crippen LogP contribution in [0.5, 0.6) is 0 Å². The first kappa shape index (κ1) is 16.6. The third kappa shape index (κ3) is 3.28. The fraction of sp³-hybridized carbons (Fsp3) is 0.222. The van der Waals surface area contributed by atoms with E-state index in [4.69, 9.17) is 0 Å².